The molecule has 158 valence electrons. The molecule has 0 radical (unpaired) electrons. The van der Waals surface area contributed by atoms with Crippen LogP contribution in [-0.4, -0.2) is 27.5 Å². The van der Waals surface area contributed by atoms with Crippen LogP contribution >= 0.6 is 15.9 Å². The highest BCUT2D eigenvalue weighted by atomic mass is 79.9. The topological polar surface area (TPSA) is 58.2 Å². The third kappa shape index (κ3) is 3.78. The molecule has 30 heavy (non-hydrogen) atoms. The molecular weight excluding hydrogens is 463 g/mol. The third-order valence-electron chi connectivity index (χ3n) is 5.44. The van der Waals surface area contributed by atoms with Crippen LogP contribution in [0.4, 0.5) is 18.0 Å². The Morgan fingerprint density at radius 2 is 2.03 bits per heavy atom. The van der Waals surface area contributed by atoms with Crippen molar-refractivity contribution in [2.24, 2.45) is 0 Å². The number of likely N-dealkylation sites (tertiary alicyclic amines) is 1. The van der Waals surface area contributed by atoms with Crippen LogP contribution in [0, 0.1) is 0 Å². The summed E-state index contributed by atoms with van der Waals surface area (Å²) in [6.07, 6.45) is -3.58. The summed E-state index contributed by atoms with van der Waals surface area (Å²) >= 11 is 3.19. The largest absolute Gasteiger partial charge is 0.445 e. The fraction of sp³-hybridized carbons (Fsp3) is 0.333. The Balaban J connectivity index is 1.62. The predicted octanol–water partition coefficient (Wildman–Crippen LogP) is 5.99. The van der Waals surface area contributed by atoms with E-state index in [1.54, 1.807) is 4.90 Å². The lowest BCUT2D eigenvalue weighted by Gasteiger charge is -2.32. The Labute approximate surface area is 179 Å². The molecule has 4 rings (SSSR count). The first-order valence-corrected chi connectivity index (χ1v) is 10.2. The molecular formula is C21H19BrF3N3O2. The Kier molecular flexibility index (Phi) is 5.25. The maximum absolute atomic E-state index is 13.1. The number of rotatable bonds is 3. The normalized spacial score (nSPS) is 19.4. The van der Waals surface area contributed by atoms with Gasteiger partial charge in [-0.05, 0) is 53.4 Å². The molecule has 1 atom stereocenters. The third-order valence-corrected chi connectivity index (χ3v) is 6.05. The average Bonchev–Trinajstić information content (AvgIpc) is 3.31. The maximum atomic E-state index is 13.1. The maximum Gasteiger partial charge on any atom is 0.416 e. The summed E-state index contributed by atoms with van der Waals surface area (Å²) in [6, 6.07) is 11.4. The second-order valence-electron chi connectivity index (χ2n) is 7.51. The first kappa shape index (κ1) is 20.7. The van der Waals surface area contributed by atoms with E-state index in [0.717, 1.165) is 24.1 Å². The number of imidazole rings is 1. The highest BCUT2D eigenvalue weighted by Gasteiger charge is 2.44. The van der Waals surface area contributed by atoms with E-state index >= 15 is 0 Å². The van der Waals surface area contributed by atoms with Gasteiger partial charge in [-0.2, -0.15) is 13.2 Å². The SMILES string of the molecule is CC1(c2nc3c(Br)cc(C(F)(F)F)cc3[nH]2)CCCN1C(=O)OCc1ccccc1. The van der Waals surface area contributed by atoms with E-state index in [4.69, 9.17) is 4.74 Å². The minimum Gasteiger partial charge on any atom is -0.445 e. The molecule has 3 aromatic rings. The summed E-state index contributed by atoms with van der Waals surface area (Å²) in [4.78, 5) is 21.9. The quantitative estimate of drug-likeness (QED) is 0.499. The molecule has 2 aromatic carbocycles. The number of carbonyl (C=O) groups is 1. The summed E-state index contributed by atoms with van der Waals surface area (Å²) in [6.45, 7) is 2.48. The number of hydrogen-bond acceptors (Lipinski definition) is 3. The van der Waals surface area contributed by atoms with E-state index in [2.05, 4.69) is 25.9 Å². The van der Waals surface area contributed by atoms with Gasteiger partial charge in [-0.3, -0.25) is 4.90 Å². The zero-order valence-electron chi connectivity index (χ0n) is 16.1. The van der Waals surface area contributed by atoms with Crippen LogP contribution in [0.5, 0.6) is 0 Å². The number of H-pyrrole nitrogens is 1. The van der Waals surface area contributed by atoms with E-state index in [-0.39, 0.29) is 16.6 Å². The van der Waals surface area contributed by atoms with E-state index in [1.165, 1.54) is 0 Å². The minimum absolute atomic E-state index is 0.146. The lowest BCUT2D eigenvalue weighted by molar-refractivity contribution is -0.137. The highest BCUT2D eigenvalue weighted by Crippen LogP contribution is 2.40. The minimum atomic E-state index is -4.47. The van der Waals surface area contributed by atoms with Crippen molar-refractivity contribution in [2.75, 3.05) is 6.54 Å². The molecule has 0 aliphatic carbocycles. The molecule has 0 spiro atoms. The van der Waals surface area contributed by atoms with Gasteiger partial charge < -0.3 is 9.72 Å². The van der Waals surface area contributed by atoms with Gasteiger partial charge in [-0.1, -0.05) is 30.3 Å². The molecule has 1 unspecified atom stereocenters. The molecule has 1 aliphatic rings. The molecule has 1 aliphatic heterocycles. The van der Waals surface area contributed by atoms with E-state index in [9.17, 15) is 18.0 Å². The van der Waals surface area contributed by atoms with Crippen molar-refractivity contribution in [3.8, 4) is 0 Å². The van der Waals surface area contributed by atoms with Crippen molar-refractivity contribution in [3.05, 3.63) is 63.9 Å². The number of hydrogen-bond donors (Lipinski definition) is 1. The molecule has 5 nitrogen and oxygen atoms in total. The predicted molar refractivity (Wildman–Crippen MR) is 109 cm³/mol. The molecule has 1 fully saturated rings. The summed E-state index contributed by atoms with van der Waals surface area (Å²) in [7, 11) is 0. The standard InChI is InChI=1S/C21H19BrF3N3O2/c1-20(8-5-9-28(20)19(29)30-12-13-6-3-2-4-7-13)18-26-16-11-14(21(23,24)25)10-15(22)17(16)27-18/h2-4,6-7,10-11H,5,8-9,12H2,1H3,(H,26,27). The van der Waals surface area contributed by atoms with Gasteiger partial charge in [0.15, 0.2) is 0 Å². The van der Waals surface area contributed by atoms with Crippen LogP contribution in [0.1, 0.15) is 36.7 Å². The highest BCUT2D eigenvalue weighted by molar-refractivity contribution is 9.10. The van der Waals surface area contributed by atoms with Crippen LogP contribution in [0.3, 0.4) is 0 Å². The van der Waals surface area contributed by atoms with Gasteiger partial charge in [0.05, 0.1) is 11.1 Å². The number of aromatic nitrogens is 2. The molecule has 9 heteroatoms. The molecule has 1 amide bonds. The number of halogens is 4. The van der Waals surface area contributed by atoms with Gasteiger partial charge in [0.2, 0.25) is 0 Å². The monoisotopic (exact) mass is 481 g/mol. The van der Waals surface area contributed by atoms with Crippen LogP contribution in [0.2, 0.25) is 0 Å². The number of benzene rings is 2. The lowest BCUT2D eigenvalue weighted by atomic mass is 9.98. The first-order chi connectivity index (χ1) is 14.2. The second kappa shape index (κ2) is 7.61. The van der Waals surface area contributed by atoms with Gasteiger partial charge in [-0.15, -0.1) is 0 Å². The number of amides is 1. The molecule has 2 heterocycles. The molecule has 1 N–H and O–H groups in total. The summed E-state index contributed by atoms with van der Waals surface area (Å²) in [5.41, 5.74) is -0.0435. The smallest absolute Gasteiger partial charge is 0.416 e. The van der Waals surface area contributed by atoms with Crippen LogP contribution < -0.4 is 0 Å². The molecule has 0 saturated carbocycles. The van der Waals surface area contributed by atoms with Crippen LogP contribution in [0.25, 0.3) is 11.0 Å². The summed E-state index contributed by atoms with van der Waals surface area (Å²) in [5, 5.41) is 0. The lowest BCUT2D eigenvalue weighted by Crippen LogP contribution is -2.43. The van der Waals surface area contributed by atoms with Crippen molar-refractivity contribution in [1.29, 1.82) is 0 Å². The van der Waals surface area contributed by atoms with Gasteiger partial charge in [0, 0.05) is 11.0 Å². The molecule has 1 saturated heterocycles. The zero-order valence-corrected chi connectivity index (χ0v) is 17.7. The number of nitrogens with zero attached hydrogens (tertiary/aromatic N) is 2. The summed E-state index contributed by atoms with van der Waals surface area (Å²) in [5.74, 6) is 0.437. The van der Waals surface area contributed by atoms with Crippen molar-refractivity contribution in [1.82, 2.24) is 14.9 Å². The van der Waals surface area contributed by atoms with E-state index in [1.807, 2.05) is 37.3 Å². The second-order valence-corrected chi connectivity index (χ2v) is 8.36. The number of nitrogens with one attached hydrogen (secondary N) is 1. The fourth-order valence-corrected chi connectivity index (χ4v) is 4.34. The summed E-state index contributed by atoms with van der Waals surface area (Å²) < 4.78 is 45.2. The molecule has 1 aromatic heterocycles. The van der Waals surface area contributed by atoms with E-state index < -0.39 is 23.4 Å². The van der Waals surface area contributed by atoms with Crippen LogP contribution in [-0.2, 0) is 23.1 Å². The van der Waals surface area contributed by atoms with Gasteiger partial charge in [0.25, 0.3) is 0 Å². The number of alkyl halides is 3. The van der Waals surface area contributed by atoms with Gasteiger partial charge in [0.1, 0.15) is 23.5 Å². The van der Waals surface area contributed by atoms with Crippen molar-refractivity contribution >= 4 is 33.1 Å². The van der Waals surface area contributed by atoms with E-state index in [0.29, 0.717) is 24.3 Å². The number of ether oxygens (including phenoxy) is 1. The number of fused-ring (bicyclic) bond motifs is 1. The fourth-order valence-electron chi connectivity index (χ4n) is 3.79. The van der Waals surface area contributed by atoms with Gasteiger partial charge in [-0.25, -0.2) is 9.78 Å². The van der Waals surface area contributed by atoms with Gasteiger partial charge >= 0.3 is 12.3 Å². The number of aromatic amines is 1. The Bertz CT molecular complexity index is 1080. The first-order valence-electron chi connectivity index (χ1n) is 9.44. The zero-order chi connectivity index (χ0) is 21.5. The Morgan fingerprint density at radius 1 is 1.30 bits per heavy atom. The van der Waals surface area contributed by atoms with Crippen molar-refractivity contribution in [3.63, 3.8) is 0 Å². The molecule has 0 bridgehead atoms. The average molecular weight is 482 g/mol. The number of carbonyl (C=O) groups excluding carboxylic acids is 1. The van der Waals surface area contributed by atoms with Crippen LogP contribution in [0.15, 0.2) is 46.9 Å². The Hall–Kier alpha value is -2.55. The van der Waals surface area contributed by atoms with Crippen molar-refractivity contribution < 1.29 is 22.7 Å². The van der Waals surface area contributed by atoms with Crippen molar-refractivity contribution in [2.45, 2.75) is 38.1 Å². The Morgan fingerprint density at radius 3 is 2.73 bits per heavy atom.